The molecule has 0 spiro atoms. The van der Waals surface area contributed by atoms with Gasteiger partial charge in [0, 0.05) is 0 Å². The van der Waals surface area contributed by atoms with Gasteiger partial charge in [0.1, 0.15) is 5.75 Å². The second kappa shape index (κ2) is 10.0. The molecule has 0 fully saturated rings. The predicted molar refractivity (Wildman–Crippen MR) is 113 cm³/mol. The molecule has 1 unspecified atom stereocenters. The summed E-state index contributed by atoms with van der Waals surface area (Å²) in [6.07, 6.45) is 3.36. The molecule has 2 rings (SSSR count). The number of benzene rings is 1. The van der Waals surface area contributed by atoms with Crippen molar-refractivity contribution < 1.29 is 25.1 Å². The van der Waals surface area contributed by atoms with Crippen LogP contribution >= 0.6 is 0 Å². The van der Waals surface area contributed by atoms with E-state index in [0.717, 1.165) is 10.8 Å². The first-order chi connectivity index (χ1) is 11.8. The fraction of sp³-hybridized carbons (Fsp3) is 0.522. The molecule has 1 aromatic carbocycles. The molecule has 1 N–H and O–H groups in total. The van der Waals surface area contributed by atoms with Crippen molar-refractivity contribution in [2.24, 2.45) is 5.92 Å². The molecular formula is C23H34OSiTi. The molecule has 0 amide bonds. The standard InChI is InChI=1S/C13H19OSi.C9H13.CH2.Ti/c1-7-8(2)10(13(4,5)6)12(15)11(14)9(7)3;1-6-5-7(2)9(4)8(6)3;;/h14H,1-6H3;6H,1-4H3;1H2;/q;-1;;+1. The zero-order valence-corrected chi connectivity index (χ0v) is 20.8. The summed E-state index contributed by atoms with van der Waals surface area (Å²) in [6, 6.07) is 0. The second-order valence-corrected chi connectivity index (χ2v) is 8.52. The van der Waals surface area contributed by atoms with Crippen molar-refractivity contribution in [2.45, 2.75) is 74.7 Å². The van der Waals surface area contributed by atoms with Gasteiger partial charge in [-0.05, 0) is 53.6 Å². The molecule has 1 nitrogen and oxygen atoms in total. The van der Waals surface area contributed by atoms with E-state index >= 15 is 0 Å². The summed E-state index contributed by atoms with van der Waals surface area (Å²) in [6.45, 7) is 21.3. The van der Waals surface area contributed by atoms with Crippen LogP contribution in [0.2, 0.25) is 0 Å². The maximum absolute atomic E-state index is 10.0. The number of phenolic OH excluding ortho intramolecular Hbond substituents is 1. The normalized spacial score (nSPS) is 16.5. The molecule has 0 bridgehead atoms. The van der Waals surface area contributed by atoms with Crippen molar-refractivity contribution in [3.63, 3.8) is 0 Å². The SMILES string of the molecule is CC1=[C-]C(C)C(C)=C1C.Cc1c(C)c(O)c([Si])c(C(C)(C)C)c1C.[CH2]=[Ti+]. The van der Waals surface area contributed by atoms with Gasteiger partial charge in [-0.25, -0.2) is 5.57 Å². The second-order valence-electron chi connectivity index (χ2n) is 8.02. The summed E-state index contributed by atoms with van der Waals surface area (Å²) in [5.41, 5.74) is 8.89. The Kier molecular flexibility index (Phi) is 9.74. The van der Waals surface area contributed by atoms with Crippen LogP contribution in [0.3, 0.4) is 0 Å². The van der Waals surface area contributed by atoms with Gasteiger partial charge in [0.15, 0.2) is 0 Å². The van der Waals surface area contributed by atoms with E-state index < -0.39 is 0 Å². The molecule has 0 aliphatic heterocycles. The molecule has 3 heteroatoms. The topological polar surface area (TPSA) is 20.2 Å². The number of hydrogen-bond donors (Lipinski definition) is 1. The van der Waals surface area contributed by atoms with Crippen molar-refractivity contribution in [1.82, 2.24) is 0 Å². The molecule has 1 aromatic rings. The van der Waals surface area contributed by atoms with Crippen LogP contribution in [0.15, 0.2) is 16.7 Å². The average molecular weight is 402 g/mol. The molecule has 140 valence electrons. The molecule has 1 atom stereocenters. The average Bonchev–Trinajstić information content (AvgIpc) is 2.78. The summed E-state index contributed by atoms with van der Waals surface area (Å²) in [5.74, 6) is 0.935. The molecule has 3 radical (unpaired) electrons. The van der Waals surface area contributed by atoms with Crippen LogP contribution in [0.4, 0.5) is 0 Å². The van der Waals surface area contributed by atoms with Crippen LogP contribution in [0.25, 0.3) is 0 Å². The zero-order valence-electron chi connectivity index (χ0n) is 18.2. The Bertz CT molecular complexity index is 692. The van der Waals surface area contributed by atoms with E-state index in [0.29, 0.717) is 11.7 Å². The van der Waals surface area contributed by atoms with Crippen LogP contribution in [-0.2, 0) is 25.4 Å². The first-order valence-corrected chi connectivity index (χ1v) is 10.6. The molecule has 0 heterocycles. The summed E-state index contributed by atoms with van der Waals surface area (Å²) >= 11 is 1.75. The van der Waals surface area contributed by atoms with E-state index in [4.69, 9.17) is 0 Å². The number of phenols is 1. The third-order valence-corrected chi connectivity index (χ3v) is 5.82. The van der Waals surface area contributed by atoms with Crippen molar-refractivity contribution in [1.29, 1.82) is 0 Å². The van der Waals surface area contributed by atoms with E-state index in [1.165, 1.54) is 33.4 Å². The molecule has 0 aromatic heterocycles. The zero-order chi connectivity index (χ0) is 21.0. The Balaban J connectivity index is 0.000000484. The first kappa shape index (κ1) is 25.3. The van der Waals surface area contributed by atoms with E-state index in [1.54, 1.807) is 20.0 Å². The van der Waals surface area contributed by atoms with Gasteiger partial charge >= 0.3 is 24.8 Å². The van der Waals surface area contributed by atoms with Gasteiger partial charge < -0.3 is 5.11 Å². The number of aromatic hydroxyl groups is 1. The molecule has 0 saturated carbocycles. The van der Waals surface area contributed by atoms with Gasteiger partial charge in [0.25, 0.3) is 0 Å². The summed E-state index contributed by atoms with van der Waals surface area (Å²) < 4.78 is 0. The van der Waals surface area contributed by atoms with Crippen LogP contribution in [0.1, 0.15) is 70.7 Å². The van der Waals surface area contributed by atoms with E-state index in [2.05, 4.69) is 83.4 Å². The third kappa shape index (κ3) is 5.65. The Labute approximate surface area is 176 Å². The predicted octanol–water partition coefficient (Wildman–Crippen LogP) is 5.10. The fourth-order valence-corrected chi connectivity index (χ4v) is 3.99. The van der Waals surface area contributed by atoms with Crippen molar-refractivity contribution in [3.8, 4) is 5.75 Å². The molecule has 0 saturated heterocycles. The van der Waals surface area contributed by atoms with Gasteiger partial charge in [-0.1, -0.05) is 47.5 Å². The van der Waals surface area contributed by atoms with Crippen LogP contribution < -0.4 is 5.19 Å². The molecule has 1 aliphatic carbocycles. The van der Waals surface area contributed by atoms with Crippen LogP contribution in [0, 0.1) is 32.8 Å². The first-order valence-electron chi connectivity index (χ1n) is 8.98. The van der Waals surface area contributed by atoms with E-state index in [9.17, 15) is 5.11 Å². The Hall–Kier alpha value is -0.699. The summed E-state index contributed by atoms with van der Waals surface area (Å²) in [4.78, 5) is 3.25. The summed E-state index contributed by atoms with van der Waals surface area (Å²) in [5, 5.41) is 10.8. The van der Waals surface area contributed by atoms with Gasteiger partial charge in [0.05, 0.1) is 10.2 Å². The van der Waals surface area contributed by atoms with Crippen LogP contribution in [-0.4, -0.2) is 20.2 Å². The summed E-state index contributed by atoms with van der Waals surface area (Å²) in [7, 11) is 3.56. The molecular weight excluding hydrogens is 368 g/mol. The molecule has 26 heavy (non-hydrogen) atoms. The maximum atomic E-state index is 10.0. The minimum absolute atomic E-state index is 0.0388. The van der Waals surface area contributed by atoms with Crippen molar-refractivity contribution in [3.05, 3.63) is 45.0 Å². The Morgan fingerprint density at radius 1 is 0.962 bits per heavy atom. The quantitative estimate of drug-likeness (QED) is 0.473. The Morgan fingerprint density at radius 2 is 1.42 bits per heavy atom. The van der Waals surface area contributed by atoms with Gasteiger partial charge in [-0.3, -0.25) is 6.08 Å². The van der Waals surface area contributed by atoms with Gasteiger partial charge in [0.2, 0.25) is 0 Å². The van der Waals surface area contributed by atoms with Crippen molar-refractivity contribution >= 4 is 20.2 Å². The van der Waals surface area contributed by atoms with E-state index in [-0.39, 0.29) is 5.41 Å². The Morgan fingerprint density at radius 3 is 1.69 bits per heavy atom. The number of hydrogen-bond acceptors (Lipinski definition) is 1. The third-order valence-electron chi connectivity index (χ3n) is 5.33. The van der Waals surface area contributed by atoms with Crippen LogP contribution in [0.5, 0.6) is 5.75 Å². The van der Waals surface area contributed by atoms with Gasteiger partial charge in [-0.2, -0.15) is 11.1 Å². The van der Waals surface area contributed by atoms with Crippen molar-refractivity contribution in [2.75, 3.05) is 0 Å². The van der Waals surface area contributed by atoms with Gasteiger partial charge in [-0.15, -0.1) is 6.92 Å². The number of rotatable bonds is 0. The van der Waals surface area contributed by atoms with E-state index in [1.807, 2.05) is 6.92 Å². The fourth-order valence-electron chi connectivity index (χ4n) is 3.24. The monoisotopic (exact) mass is 402 g/mol. The molecule has 1 aliphatic rings. The number of allylic oxidation sites excluding steroid dienone is 4. The minimum atomic E-state index is 0.0388.